The molecule has 4 heterocycles. The number of fused-ring (bicyclic) bond motifs is 1. The molecule has 0 N–H and O–H groups in total. The van der Waals surface area contributed by atoms with Crippen LogP contribution in [0.25, 0.3) is 10.2 Å². The summed E-state index contributed by atoms with van der Waals surface area (Å²) in [6.07, 6.45) is 1.50. The molecule has 158 valence electrons. The summed E-state index contributed by atoms with van der Waals surface area (Å²) in [5.74, 6) is 2.00. The zero-order valence-corrected chi connectivity index (χ0v) is 18.8. The van der Waals surface area contributed by atoms with Crippen molar-refractivity contribution in [2.45, 2.75) is 33.6 Å². The third-order valence-electron chi connectivity index (χ3n) is 5.47. The first-order chi connectivity index (χ1) is 14.3. The van der Waals surface area contributed by atoms with Crippen LogP contribution in [0.4, 0.5) is 5.82 Å². The van der Waals surface area contributed by atoms with Gasteiger partial charge >= 0.3 is 0 Å². The Bertz CT molecular complexity index is 1170. The number of aromatic nitrogens is 4. The first-order valence-electron chi connectivity index (χ1n) is 10.1. The zero-order chi connectivity index (χ0) is 21.6. The van der Waals surface area contributed by atoms with E-state index in [0.29, 0.717) is 41.3 Å². The van der Waals surface area contributed by atoms with E-state index < -0.39 is 0 Å². The molecular weight excluding hydrogens is 400 g/mol. The highest BCUT2D eigenvalue weighted by molar-refractivity contribution is 7.20. The van der Waals surface area contributed by atoms with Crippen LogP contribution in [0.1, 0.15) is 46.5 Å². The monoisotopic (exact) mass is 426 g/mol. The Hall–Kier alpha value is -2.81. The molecule has 0 radical (unpaired) electrons. The van der Waals surface area contributed by atoms with Crippen LogP contribution in [0.15, 0.2) is 17.2 Å². The number of thiophene rings is 1. The topological polar surface area (TPSA) is 84.2 Å². The molecule has 0 spiro atoms. The SMILES string of the molecule is Cc1cc(N2CCN(C(=O)c3sc4ncn(C)c(=O)c4c3C)CC2)nc(C(C)C)n1. The summed E-state index contributed by atoms with van der Waals surface area (Å²) < 4.78 is 1.45. The Morgan fingerprint density at radius 3 is 2.50 bits per heavy atom. The van der Waals surface area contributed by atoms with Gasteiger partial charge in [0.1, 0.15) is 16.5 Å². The van der Waals surface area contributed by atoms with Crippen LogP contribution in [-0.4, -0.2) is 56.5 Å². The third kappa shape index (κ3) is 3.58. The van der Waals surface area contributed by atoms with Gasteiger partial charge in [0.2, 0.25) is 0 Å². The van der Waals surface area contributed by atoms with Gasteiger partial charge in [0.05, 0.1) is 16.6 Å². The van der Waals surface area contributed by atoms with Gasteiger partial charge in [-0.05, 0) is 19.4 Å². The highest BCUT2D eigenvalue weighted by atomic mass is 32.1. The van der Waals surface area contributed by atoms with Crippen LogP contribution in [0.2, 0.25) is 0 Å². The van der Waals surface area contributed by atoms with Crippen LogP contribution in [0, 0.1) is 13.8 Å². The molecule has 0 saturated carbocycles. The van der Waals surface area contributed by atoms with Crippen LogP contribution in [-0.2, 0) is 7.05 Å². The van der Waals surface area contributed by atoms with Crippen LogP contribution in [0.3, 0.4) is 0 Å². The summed E-state index contributed by atoms with van der Waals surface area (Å²) in [6.45, 7) is 10.6. The molecule has 4 rings (SSSR count). The van der Waals surface area contributed by atoms with Crippen molar-refractivity contribution in [3.63, 3.8) is 0 Å². The van der Waals surface area contributed by atoms with Gasteiger partial charge in [-0.2, -0.15) is 0 Å². The molecule has 9 heteroatoms. The lowest BCUT2D eigenvalue weighted by atomic mass is 10.2. The van der Waals surface area contributed by atoms with E-state index in [1.54, 1.807) is 7.05 Å². The Kier molecular flexibility index (Phi) is 5.31. The van der Waals surface area contributed by atoms with Crippen LogP contribution in [0.5, 0.6) is 0 Å². The van der Waals surface area contributed by atoms with Crippen molar-refractivity contribution in [1.29, 1.82) is 0 Å². The molecule has 8 nitrogen and oxygen atoms in total. The summed E-state index contributed by atoms with van der Waals surface area (Å²) in [7, 11) is 1.67. The number of piperazine rings is 1. The maximum absolute atomic E-state index is 13.2. The van der Waals surface area contributed by atoms with Gasteiger partial charge < -0.3 is 14.4 Å². The summed E-state index contributed by atoms with van der Waals surface area (Å²) in [4.78, 5) is 44.5. The number of carbonyl (C=O) groups excluding carboxylic acids is 1. The van der Waals surface area contributed by atoms with Crippen molar-refractivity contribution in [1.82, 2.24) is 24.4 Å². The van der Waals surface area contributed by atoms with Gasteiger partial charge in [0, 0.05) is 50.9 Å². The minimum absolute atomic E-state index is 0.0288. The van der Waals surface area contributed by atoms with E-state index >= 15 is 0 Å². The Balaban J connectivity index is 1.53. The van der Waals surface area contributed by atoms with Crippen LogP contribution >= 0.6 is 11.3 Å². The van der Waals surface area contributed by atoms with E-state index in [4.69, 9.17) is 4.98 Å². The highest BCUT2D eigenvalue weighted by Gasteiger charge is 2.27. The summed E-state index contributed by atoms with van der Waals surface area (Å²) in [6, 6.07) is 2.00. The number of aryl methyl sites for hydroxylation is 3. The minimum Gasteiger partial charge on any atom is -0.353 e. The fraction of sp³-hybridized carbons (Fsp3) is 0.476. The predicted octanol–water partition coefficient (Wildman–Crippen LogP) is 2.49. The fourth-order valence-corrected chi connectivity index (χ4v) is 4.80. The summed E-state index contributed by atoms with van der Waals surface area (Å²) >= 11 is 1.30. The van der Waals surface area contributed by atoms with Crippen LogP contribution < -0.4 is 10.5 Å². The third-order valence-corrected chi connectivity index (χ3v) is 6.66. The highest BCUT2D eigenvalue weighted by Crippen LogP contribution is 2.28. The average molecular weight is 427 g/mol. The molecule has 1 aliphatic rings. The number of anilines is 1. The molecule has 3 aromatic rings. The molecule has 3 aromatic heterocycles. The molecule has 0 atom stereocenters. The zero-order valence-electron chi connectivity index (χ0n) is 18.0. The molecule has 0 aromatic carbocycles. The molecule has 30 heavy (non-hydrogen) atoms. The van der Waals surface area contributed by atoms with Gasteiger partial charge in [-0.3, -0.25) is 9.59 Å². The fourth-order valence-electron chi connectivity index (χ4n) is 3.69. The molecule has 0 unspecified atom stereocenters. The smallest absolute Gasteiger partial charge is 0.264 e. The second-order valence-electron chi connectivity index (χ2n) is 8.06. The first-order valence-corrected chi connectivity index (χ1v) is 10.9. The molecule has 1 fully saturated rings. The number of carbonyl (C=O) groups is 1. The van der Waals surface area contributed by atoms with E-state index in [-0.39, 0.29) is 17.4 Å². The number of amides is 1. The lowest BCUT2D eigenvalue weighted by molar-refractivity contribution is 0.0751. The Morgan fingerprint density at radius 1 is 1.13 bits per heavy atom. The van der Waals surface area contributed by atoms with Crippen molar-refractivity contribution in [3.05, 3.63) is 44.7 Å². The molecule has 1 aliphatic heterocycles. The van der Waals surface area contributed by atoms with E-state index in [9.17, 15) is 9.59 Å². The second kappa shape index (κ2) is 7.79. The van der Waals surface area contributed by atoms with Gasteiger partial charge in [-0.25, -0.2) is 15.0 Å². The van der Waals surface area contributed by atoms with E-state index in [0.717, 1.165) is 22.9 Å². The maximum atomic E-state index is 13.2. The van der Waals surface area contributed by atoms with Crippen molar-refractivity contribution in [2.24, 2.45) is 7.05 Å². The maximum Gasteiger partial charge on any atom is 0.264 e. The minimum atomic E-state index is -0.113. The Morgan fingerprint density at radius 2 is 1.83 bits per heavy atom. The number of nitrogens with zero attached hydrogens (tertiary/aromatic N) is 6. The molecule has 0 aliphatic carbocycles. The molecule has 1 amide bonds. The number of hydrogen-bond acceptors (Lipinski definition) is 7. The lowest BCUT2D eigenvalue weighted by Crippen LogP contribution is -2.49. The van der Waals surface area contributed by atoms with E-state index in [2.05, 4.69) is 28.7 Å². The normalized spacial score (nSPS) is 14.7. The van der Waals surface area contributed by atoms with Crippen molar-refractivity contribution in [3.8, 4) is 0 Å². The quantitative estimate of drug-likeness (QED) is 0.640. The standard InChI is InChI=1S/C21H26N6O2S/c1-12(2)18-23-13(3)10-15(24-18)26-6-8-27(9-7-26)21(29)17-14(4)16-19(30-17)22-11-25(5)20(16)28/h10-12H,6-9H2,1-5H3. The van der Waals surface area contributed by atoms with Crippen molar-refractivity contribution in [2.75, 3.05) is 31.1 Å². The molecule has 1 saturated heterocycles. The second-order valence-corrected chi connectivity index (χ2v) is 9.06. The van der Waals surface area contributed by atoms with E-state index in [1.165, 1.54) is 22.2 Å². The number of rotatable bonds is 3. The lowest BCUT2D eigenvalue weighted by Gasteiger charge is -2.35. The van der Waals surface area contributed by atoms with Gasteiger partial charge in [0.25, 0.3) is 11.5 Å². The Labute approximate surface area is 179 Å². The van der Waals surface area contributed by atoms with Crippen molar-refractivity contribution >= 4 is 33.3 Å². The van der Waals surface area contributed by atoms with Gasteiger partial charge in [-0.1, -0.05) is 13.8 Å². The average Bonchev–Trinajstić information content (AvgIpc) is 3.07. The largest absolute Gasteiger partial charge is 0.353 e. The van der Waals surface area contributed by atoms with Gasteiger partial charge in [0.15, 0.2) is 0 Å². The van der Waals surface area contributed by atoms with Crippen molar-refractivity contribution < 1.29 is 4.79 Å². The predicted molar refractivity (Wildman–Crippen MR) is 119 cm³/mol. The van der Waals surface area contributed by atoms with E-state index in [1.807, 2.05) is 24.8 Å². The first kappa shape index (κ1) is 20.5. The van der Waals surface area contributed by atoms with Gasteiger partial charge in [-0.15, -0.1) is 11.3 Å². The molecule has 0 bridgehead atoms. The summed E-state index contributed by atoms with van der Waals surface area (Å²) in [5.41, 5.74) is 1.57. The molecular formula is C21H26N6O2S. The number of hydrogen-bond donors (Lipinski definition) is 0. The summed E-state index contributed by atoms with van der Waals surface area (Å²) in [5, 5.41) is 0.546.